The highest BCUT2D eigenvalue weighted by molar-refractivity contribution is 6.31. The number of hydrogen-bond acceptors (Lipinski definition) is 2. The quantitative estimate of drug-likeness (QED) is 0.766. The van der Waals surface area contributed by atoms with Gasteiger partial charge in [-0.2, -0.15) is 0 Å². The average Bonchev–Trinajstić information content (AvgIpc) is 2.47. The first-order chi connectivity index (χ1) is 10.2. The molecule has 0 aliphatic heterocycles. The van der Waals surface area contributed by atoms with Gasteiger partial charge < -0.3 is 10.1 Å². The Balaban J connectivity index is 1.98. The van der Waals surface area contributed by atoms with Crippen LogP contribution >= 0.6 is 11.6 Å². The second kappa shape index (κ2) is 8.06. The van der Waals surface area contributed by atoms with Crippen molar-refractivity contribution >= 4 is 11.6 Å². The summed E-state index contributed by atoms with van der Waals surface area (Å²) in [7, 11) is 1.98. The first-order valence-electron chi connectivity index (χ1n) is 7.31. The Morgan fingerprint density at radius 2 is 1.95 bits per heavy atom. The summed E-state index contributed by atoms with van der Waals surface area (Å²) in [5.74, 6) is 0.899. The molecule has 2 rings (SSSR count). The zero-order valence-corrected chi connectivity index (χ0v) is 13.4. The van der Waals surface area contributed by atoms with Crippen molar-refractivity contribution in [2.45, 2.75) is 26.4 Å². The number of benzene rings is 2. The van der Waals surface area contributed by atoms with Crippen LogP contribution in [0.25, 0.3) is 0 Å². The minimum absolute atomic E-state index is 0.505. The highest BCUT2D eigenvalue weighted by atomic mass is 35.5. The molecular formula is C18H22ClNO. The van der Waals surface area contributed by atoms with Gasteiger partial charge in [0.25, 0.3) is 0 Å². The van der Waals surface area contributed by atoms with Crippen LogP contribution in [0.15, 0.2) is 42.5 Å². The maximum atomic E-state index is 6.22. The van der Waals surface area contributed by atoms with Crippen molar-refractivity contribution in [3.63, 3.8) is 0 Å². The Bertz CT molecular complexity index is 563. The van der Waals surface area contributed by atoms with Crippen LogP contribution in [-0.2, 0) is 13.0 Å². The maximum absolute atomic E-state index is 6.22. The summed E-state index contributed by atoms with van der Waals surface area (Å²) >= 11 is 6.22. The van der Waals surface area contributed by atoms with Gasteiger partial charge in [-0.05, 0) is 62.7 Å². The minimum Gasteiger partial charge on any atom is -0.489 e. The number of rotatable bonds is 7. The molecule has 0 atom stereocenters. The third-order valence-electron chi connectivity index (χ3n) is 3.53. The highest BCUT2D eigenvalue weighted by Gasteiger charge is 2.05. The molecule has 0 aliphatic carbocycles. The summed E-state index contributed by atoms with van der Waals surface area (Å²) in [6.07, 6.45) is 2.19. The van der Waals surface area contributed by atoms with E-state index in [4.69, 9.17) is 16.3 Å². The fraction of sp³-hybridized carbons (Fsp3) is 0.333. The van der Waals surface area contributed by atoms with Gasteiger partial charge in [0.1, 0.15) is 12.4 Å². The highest BCUT2D eigenvalue weighted by Crippen LogP contribution is 2.22. The third-order valence-corrected chi connectivity index (χ3v) is 3.88. The van der Waals surface area contributed by atoms with E-state index in [0.717, 1.165) is 41.3 Å². The zero-order chi connectivity index (χ0) is 15.1. The largest absolute Gasteiger partial charge is 0.489 e. The molecule has 112 valence electrons. The predicted molar refractivity (Wildman–Crippen MR) is 89.2 cm³/mol. The van der Waals surface area contributed by atoms with Crippen molar-refractivity contribution in [1.29, 1.82) is 0 Å². The molecule has 0 amide bonds. The van der Waals surface area contributed by atoms with Crippen LogP contribution in [0.4, 0.5) is 0 Å². The van der Waals surface area contributed by atoms with Crippen LogP contribution in [0.5, 0.6) is 5.75 Å². The number of halogens is 1. The van der Waals surface area contributed by atoms with E-state index < -0.39 is 0 Å². The van der Waals surface area contributed by atoms with Crippen LogP contribution in [0.2, 0.25) is 5.02 Å². The summed E-state index contributed by atoms with van der Waals surface area (Å²) in [5.41, 5.74) is 3.52. The Morgan fingerprint density at radius 1 is 1.14 bits per heavy atom. The van der Waals surface area contributed by atoms with Crippen LogP contribution in [-0.4, -0.2) is 13.6 Å². The molecule has 2 aromatic rings. The van der Waals surface area contributed by atoms with E-state index in [1.54, 1.807) is 0 Å². The van der Waals surface area contributed by atoms with Gasteiger partial charge in [-0.15, -0.1) is 0 Å². The molecule has 21 heavy (non-hydrogen) atoms. The van der Waals surface area contributed by atoms with Gasteiger partial charge in [-0.3, -0.25) is 0 Å². The molecule has 0 fully saturated rings. The van der Waals surface area contributed by atoms with Gasteiger partial charge in [-0.1, -0.05) is 35.9 Å². The molecule has 0 unspecified atom stereocenters. The van der Waals surface area contributed by atoms with E-state index in [9.17, 15) is 0 Å². The van der Waals surface area contributed by atoms with E-state index >= 15 is 0 Å². The average molecular weight is 304 g/mol. The topological polar surface area (TPSA) is 21.3 Å². The first-order valence-corrected chi connectivity index (χ1v) is 7.69. The van der Waals surface area contributed by atoms with Gasteiger partial charge in [0.2, 0.25) is 0 Å². The smallest absolute Gasteiger partial charge is 0.120 e. The lowest BCUT2D eigenvalue weighted by atomic mass is 10.1. The van der Waals surface area contributed by atoms with Gasteiger partial charge in [0.05, 0.1) is 0 Å². The van der Waals surface area contributed by atoms with E-state index in [-0.39, 0.29) is 0 Å². The number of hydrogen-bond donors (Lipinski definition) is 1. The van der Waals surface area contributed by atoms with Crippen LogP contribution < -0.4 is 10.1 Å². The van der Waals surface area contributed by atoms with Crippen molar-refractivity contribution < 1.29 is 4.74 Å². The Labute approximate surface area is 132 Å². The third kappa shape index (κ3) is 4.76. The van der Waals surface area contributed by atoms with Crippen LogP contribution in [0.3, 0.4) is 0 Å². The standard InChI is InChI=1S/C18H22ClNO/c1-14-6-3-10-18(19)17(14)13-21-16-9-4-7-15(12-16)8-5-11-20-2/h3-4,6-7,9-10,12,20H,5,8,11,13H2,1-2H3. The fourth-order valence-corrected chi connectivity index (χ4v) is 2.54. The predicted octanol–water partition coefficient (Wildman–Crippen LogP) is 4.38. The molecule has 1 N–H and O–H groups in total. The summed E-state index contributed by atoms with van der Waals surface area (Å²) in [4.78, 5) is 0. The zero-order valence-electron chi connectivity index (χ0n) is 12.7. The molecule has 0 saturated heterocycles. The molecule has 0 heterocycles. The molecule has 0 aliphatic rings. The molecule has 2 aromatic carbocycles. The van der Waals surface area contributed by atoms with Crippen LogP contribution in [0, 0.1) is 6.92 Å². The van der Waals surface area contributed by atoms with E-state index in [2.05, 4.69) is 30.4 Å². The monoisotopic (exact) mass is 303 g/mol. The van der Waals surface area contributed by atoms with E-state index in [1.807, 2.05) is 31.3 Å². The molecule has 0 bridgehead atoms. The summed E-state index contributed by atoms with van der Waals surface area (Å²) in [6, 6.07) is 14.2. The second-order valence-electron chi connectivity index (χ2n) is 5.18. The fourth-order valence-electron chi connectivity index (χ4n) is 2.26. The van der Waals surface area contributed by atoms with Gasteiger partial charge in [0.15, 0.2) is 0 Å². The molecular weight excluding hydrogens is 282 g/mol. The van der Waals surface area contributed by atoms with Crippen LogP contribution in [0.1, 0.15) is 23.1 Å². The molecule has 0 saturated carbocycles. The normalized spacial score (nSPS) is 10.6. The SMILES string of the molecule is CNCCCc1cccc(OCc2c(C)cccc2Cl)c1. The molecule has 0 spiro atoms. The van der Waals surface area contributed by atoms with Gasteiger partial charge in [0, 0.05) is 10.6 Å². The van der Waals surface area contributed by atoms with E-state index in [1.165, 1.54) is 5.56 Å². The van der Waals surface area contributed by atoms with Crippen molar-refractivity contribution in [3.05, 3.63) is 64.2 Å². The molecule has 0 aromatic heterocycles. The maximum Gasteiger partial charge on any atom is 0.120 e. The van der Waals surface area contributed by atoms with Crippen molar-refractivity contribution in [2.24, 2.45) is 0 Å². The van der Waals surface area contributed by atoms with E-state index in [0.29, 0.717) is 6.61 Å². The first kappa shape index (κ1) is 15.9. The summed E-state index contributed by atoms with van der Waals surface area (Å²) in [5, 5.41) is 3.93. The second-order valence-corrected chi connectivity index (χ2v) is 5.59. The number of ether oxygens (including phenoxy) is 1. The molecule has 2 nitrogen and oxygen atoms in total. The molecule has 3 heteroatoms. The number of aryl methyl sites for hydroxylation is 2. The lowest BCUT2D eigenvalue weighted by Gasteiger charge is -2.11. The summed E-state index contributed by atoms with van der Waals surface area (Å²) in [6.45, 7) is 3.59. The van der Waals surface area contributed by atoms with Crippen molar-refractivity contribution in [2.75, 3.05) is 13.6 Å². The Kier molecular flexibility index (Phi) is 6.09. The molecule has 0 radical (unpaired) electrons. The van der Waals surface area contributed by atoms with Crippen molar-refractivity contribution in [3.8, 4) is 5.75 Å². The minimum atomic E-state index is 0.505. The Morgan fingerprint density at radius 3 is 2.71 bits per heavy atom. The number of nitrogens with one attached hydrogen (secondary N) is 1. The van der Waals surface area contributed by atoms with Gasteiger partial charge in [-0.25, -0.2) is 0 Å². The van der Waals surface area contributed by atoms with Crippen molar-refractivity contribution in [1.82, 2.24) is 5.32 Å². The van der Waals surface area contributed by atoms with Gasteiger partial charge >= 0.3 is 0 Å². The lowest BCUT2D eigenvalue weighted by Crippen LogP contribution is -2.08. The summed E-state index contributed by atoms with van der Waals surface area (Å²) < 4.78 is 5.90. The Hall–Kier alpha value is -1.51. The lowest BCUT2D eigenvalue weighted by molar-refractivity contribution is 0.305.